The molecule has 1 atom stereocenters. The Kier molecular flexibility index (Phi) is 3.50. The molecular formula is C8H15NO4. The molecule has 0 aromatic heterocycles. The van der Waals surface area contributed by atoms with E-state index in [0.29, 0.717) is 13.0 Å². The highest BCUT2D eigenvalue weighted by molar-refractivity contribution is 5.67. The molecule has 1 unspecified atom stereocenters. The van der Waals surface area contributed by atoms with Crippen LogP contribution in [0.4, 0.5) is 4.79 Å². The fourth-order valence-corrected chi connectivity index (χ4v) is 1.21. The number of ether oxygens (including phenoxy) is 2. The second-order valence-electron chi connectivity index (χ2n) is 2.94. The summed E-state index contributed by atoms with van der Waals surface area (Å²) in [5.41, 5.74) is 0. The van der Waals surface area contributed by atoms with Crippen molar-refractivity contribution in [2.75, 3.05) is 13.2 Å². The van der Waals surface area contributed by atoms with Crippen molar-refractivity contribution in [1.82, 2.24) is 5.32 Å². The predicted octanol–water partition coefficient (Wildman–Crippen LogP) is 0.579. The van der Waals surface area contributed by atoms with Crippen LogP contribution in [-0.2, 0) is 9.47 Å². The van der Waals surface area contributed by atoms with E-state index >= 15 is 0 Å². The molecule has 0 saturated carbocycles. The molecule has 13 heavy (non-hydrogen) atoms. The van der Waals surface area contributed by atoms with Crippen LogP contribution in [0.3, 0.4) is 0 Å². The van der Waals surface area contributed by atoms with Crippen molar-refractivity contribution < 1.29 is 19.4 Å². The van der Waals surface area contributed by atoms with Gasteiger partial charge in [-0.15, -0.1) is 0 Å². The van der Waals surface area contributed by atoms with Crippen LogP contribution in [0.5, 0.6) is 0 Å². The van der Waals surface area contributed by atoms with Gasteiger partial charge in [0.05, 0.1) is 13.2 Å². The smallest absolute Gasteiger partial charge is 0.411 e. The van der Waals surface area contributed by atoms with Crippen molar-refractivity contribution in [2.24, 2.45) is 0 Å². The first-order chi connectivity index (χ1) is 6.16. The standard InChI is InChI=1S/C8H15NO4/c1-2-12-7(10)9-8(11)5-3-4-6-13-8/h11H,2-6H2,1H3,(H,9,10). The van der Waals surface area contributed by atoms with E-state index in [9.17, 15) is 9.90 Å². The van der Waals surface area contributed by atoms with Gasteiger partial charge in [0.2, 0.25) is 0 Å². The van der Waals surface area contributed by atoms with Crippen LogP contribution in [0.25, 0.3) is 0 Å². The van der Waals surface area contributed by atoms with E-state index in [1.165, 1.54) is 0 Å². The third kappa shape index (κ3) is 3.20. The van der Waals surface area contributed by atoms with E-state index in [-0.39, 0.29) is 6.61 Å². The quantitative estimate of drug-likeness (QED) is 0.623. The van der Waals surface area contributed by atoms with Gasteiger partial charge in [-0.1, -0.05) is 0 Å². The highest BCUT2D eigenvalue weighted by Gasteiger charge is 2.32. The maximum Gasteiger partial charge on any atom is 0.411 e. The van der Waals surface area contributed by atoms with Gasteiger partial charge in [-0.3, -0.25) is 5.32 Å². The van der Waals surface area contributed by atoms with Gasteiger partial charge in [-0.05, 0) is 19.8 Å². The van der Waals surface area contributed by atoms with Gasteiger partial charge in [0.25, 0.3) is 5.91 Å². The molecule has 5 heteroatoms. The lowest BCUT2D eigenvalue weighted by Gasteiger charge is -2.31. The minimum absolute atomic E-state index is 0.280. The molecule has 0 aromatic carbocycles. The van der Waals surface area contributed by atoms with Crippen LogP contribution < -0.4 is 5.32 Å². The Morgan fingerprint density at radius 3 is 3.00 bits per heavy atom. The number of aliphatic hydroxyl groups is 1. The first-order valence-electron chi connectivity index (χ1n) is 4.47. The molecule has 1 fully saturated rings. The van der Waals surface area contributed by atoms with Gasteiger partial charge < -0.3 is 14.6 Å². The van der Waals surface area contributed by atoms with Crippen molar-refractivity contribution in [1.29, 1.82) is 0 Å². The van der Waals surface area contributed by atoms with Crippen molar-refractivity contribution >= 4 is 6.09 Å². The molecule has 1 saturated heterocycles. The number of hydrogen-bond donors (Lipinski definition) is 2. The number of nitrogens with one attached hydrogen (secondary N) is 1. The van der Waals surface area contributed by atoms with E-state index in [1.54, 1.807) is 6.92 Å². The topological polar surface area (TPSA) is 67.8 Å². The van der Waals surface area contributed by atoms with Crippen LogP contribution in [0.1, 0.15) is 26.2 Å². The summed E-state index contributed by atoms with van der Waals surface area (Å²) in [5, 5.41) is 11.9. The lowest BCUT2D eigenvalue weighted by molar-refractivity contribution is -0.238. The molecular weight excluding hydrogens is 174 g/mol. The van der Waals surface area contributed by atoms with E-state index in [4.69, 9.17) is 4.74 Å². The zero-order valence-electron chi connectivity index (χ0n) is 7.71. The number of carbonyl (C=O) groups is 1. The minimum atomic E-state index is -1.52. The Hall–Kier alpha value is -0.810. The second kappa shape index (κ2) is 4.43. The SMILES string of the molecule is CCOC(=O)NC1(O)CCCCO1. The number of hydrogen-bond acceptors (Lipinski definition) is 4. The number of amides is 1. The first kappa shape index (κ1) is 10.3. The highest BCUT2D eigenvalue weighted by atomic mass is 16.7. The summed E-state index contributed by atoms with van der Waals surface area (Å²) in [5.74, 6) is -1.52. The lowest BCUT2D eigenvalue weighted by Crippen LogP contribution is -2.52. The Labute approximate surface area is 77.0 Å². The van der Waals surface area contributed by atoms with Crippen LogP contribution in [0.2, 0.25) is 0 Å². The monoisotopic (exact) mass is 189 g/mol. The van der Waals surface area contributed by atoms with Gasteiger partial charge in [-0.2, -0.15) is 0 Å². The van der Waals surface area contributed by atoms with Gasteiger partial charge in [-0.25, -0.2) is 4.79 Å². The van der Waals surface area contributed by atoms with Gasteiger partial charge in [0, 0.05) is 6.42 Å². The molecule has 2 N–H and O–H groups in total. The maximum absolute atomic E-state index is 10.9. The maximum atomic E-state index is 10.9. The second-order valence-corrected chi connectivity index (χ2v) is 2.94. The molecule has 1 heterocycles. The number of rotatable bonds is 2. The lowest BCUT2D eigenvalue weighted by atomic mass is 10.1. The van der Waals surface area contributed by atoms with Crippen LogP contribution in [0.15, 0.2) is 0 Å². The molecule has 76 valence electrons. The molecule has 1 aliphatic rings. The molecule has 0 bridgehead atoms. The fraction of sp³-hybridized carbons (Fsp3) is 0.875. The minimum Gasteiger partial charge on any atom is -0.450 e. The molecule has 0 radical (unpaired) electrons. The summed E-state index contributed by atoms with van der Waals surface area (Å²) in [7, 11) is 0. The summed E-state index contributed by atoms with van der Waals surface area (Å²) in [6, 6.07) is 0. The average molecular weight is 189 g/mol. The van der Waals surface area contributed by atoms with Gasteiger partial charge in [0.15, 0.2) is 0 Å². The summed E-state index contributed by atoms with van der Waals surface area (Å²) >= 11 is 0. The molecule has 5 nitrogen and oxygen atoms in total. The summed E-state index contributed by atoms with van der Waals surface area (Å²) in [4.78, 5) is 10.9. The van der Waals surface area contributed by atoms with Crippen LogP contribution in [0, 0.1) is 0 Å². The van der Waals surface area contributed by atoms with Crippen LogP contribution >= 0.6 is 0 Å². The summed E-state index contributed by atoms with van der Waals surface area (Å²) < 4.78 is 9.65. The normalized spacial score (nSPS) is 28.2. The van der Waals surface area contributed by atoms with Gasteiger partial charge >= 0.3 is 6.09 Å². The fourth-order valence-electron chi connectivity index (χ4n) is 1.21. The van der Waals surface area contributed by atoms with E-state index in [1.807, 2.05) is 0 Å². The third-order valence-electron chi connectivity index (χ3n) is 1.82. The Balaban J connectivity index is 2.36. The zero-order valence-corrected chi connectivity index (χ0v) is 7.71. The summed E-state index contributed by atoms with van der Waals surface area (Å²) in [6.45, 7) is 2.44. The Bertz CT molecular complexity index is 177. The average Bonchev–Trinajstić information content (AvgIpc) is 2.04. The molecule has 1 amide bonds. The Morgan fingerprint density at radius 1 is 1.69 bits per heavy atom. The first-order valence-corrected chi connectivity index (χ1v) is 4.47. The Morgan fingerprint density at radius 2 is 2.46 bits per heavy atom. The van der Waals surface area contributed by atoms with Crippen molar-refractivity contribution in [2.45, 2.75) is 32.1 Å². The third-order valence-corrected chi connectivity index (χ3v) is 1.82. The molecule has 1 aliphatic heterocycles. The van der Waals surface area contributed by atoms with Crippen molar-refractivity contribution in [3.8, 4) is 0 Å². The zero-order chi connectivity index (χ0) is 9.73. The molecule has 0 aliphatic carbocycles. The van der Waals surface area contributed by atoms with Crippen molar-refractivity contribution in [3.63, 3.8) is 0 Å². The number of carbonyl (C=O) groups excluding carboxylic acids is 1. The van der Waals surface area contributed by atoms with E-state index < -0.39 is 12.0 Å². The molecule has 0 spiro atoms. The number of alkyl carbamates (subject to hydrolysis) is 1. The largest absolute Gasteiger partial charge is 0.450 e. The van der Waals surface area contributed by atoms with E-state index in [0.717, 1.165) is 12.8 Å². The van der Waals surface area contributed by atoms with E-state index in [2.05, 4.69) is 10.1 Å². The van der Waals surface area contributed by atoms with Gasteiger partial charge in [0.1, 0.15) is 0 Å². The molecule has 1 rings (SSSR count). The van der Waals surface area contributed by atoms with Crippen LogP contribution in [-0.4, -0.2) is 30.3 Å². The summed E-state index contributed by atoms with van der Waals surface area (Å²) in [6.07, 6.45) is 1.51. The predicted molar refractivity (Wildman–Crippen MR) is 44.9 cm³/mol. The highest BCUT2D eigenvalue weighted by Crippen LogP contribution is 2.19. The van der Waals surface area contributed by atoms with Crippen molar-refractivity contribution in [3.05, 3.63) is 0 Å². The molecule has 0 aromatic rings.